The van der Waals surface area contributed by atoms with Crippen molar-refractivity contribution in [2.45, 2.75) is 57.3 Å². The van der Waals surface area contributed by atoms with E-state index in [9.17, 15) is 4.79 Å². The summed E-state index contributed by atoms with van der Waals surface area (Å²) >= 11 is 0. The fraction of sp³-hybridized carbons (Fsp3) is 0.923. The van der Waals surface area contributed by atoms with E-state index in [2.05, 4.69) is 19.2 Å². The Labute approximate surface area is 103 Å². The highest BCUT2D eigenvalue weighted by atomic mass is 16.5. The highest BCUT2D eigenvalue weighted by molar-refractivity contribution is 5.91. The molecule has 1 N–H and O–H groups in total. The molecule has 1 saturated carbocycles. The second-order valence-corrected chi connectivity index (χ2v) is 5.73. The topological polar surface area (TPSA) is 41.6 Å². The molecular weight excluding hydrogens is 216 g/mol. The lowest BCUT2D eigenvalue weighted by atomic mass is 9.99. The molecule has 3 aliphatic rings. The van der Waals surface area contributed by atoms with Crippen molar-refractivity contribution in [3.63, 3.8) is 0 Å². The number of nitrogens with one attached hydrogen (secondary N) is 1. The molecule has 96 valence electrons. The van der Waals surface area contributed by atoms with E-state index >= 15 is 0 Å². The Hall–Kier alpha value is -0.610. The first-order valence-corrected chi connectivity index (χ1v) is 6.86. The first-order valence-electron chi connectivity index (χ1n) is 6.86. The Bertz CT molecular complexity index is 327. The second kappa shape index (κ2) is 3.95. The molecular formula is C13H22N2O2. The summed E-state index contributed by atoms with van der Waals surface area (Å²) in [4.78, 5) is 14.3. The molecule has 3 atom stereocenters. The zero-order valence-corrected chi connectivity index (χ0v) is 10.7. The van der Waals surface area contributed by atoms with Crippen LogP contribution >= 0.6 is 0 Å². The third-order valence-corrected chi connectivity index (χ3v) is 4.55. The molecule has 4 nitrogen and oxygen atoms in total. The summed E-state index contributed by atoms with van der Waals surface area (Å²) in [5, 5.41) is 3.45. The molecule has 1 spiro atoms. The van der Waals surface area contributed by atoms with Crippen molar-refractivity contribution in [1.82, 2.24) is 10.2 Å². The van der Waals surface area contributed by atoms with Crippen LogP contribution in [0.4, 0.5) is 0 Å². The number of amides is 1. The predicted molar refractivity (Wildman–Crippen MR) is 64.4 cm³/mol. The molecule has 1 aliphatic carbocycles. The first kappa shape index (κ1) is 11.5. The lowest BCUT2D eigenvalue weighted by Gasteiger charge is -2.26. The largest absolute Gasteiger partial charge is 0.378 e. The Morgan fingerprint density at radius 2 is 2.29 bits per heavy atom. The highest BCUT2D eigenvalue weighted by Crippen LogP contribution is 2.42. The maximum atomic E-state index is 12.3. The van der Waals surface area contributed by atoms with E-state index in [1.807, 2.05) is 4.90 Å². The van der Waals surface area contributed by atoms with Gasteiger partial charge in [0.15, 0.2) is 0 Å². The number of ether oxygens (including phenoxy) is 1. The van der Waals surface area contributed by atoms with Crippen molar-refractivity contribution < 1.29 is 9.53 Å². The van der Waals surface area contributed by atoms with Crippen LogP contribution in [0.2, 0.25) is 0 Å². The molecule has 3 rings (SSSR count). The van der Waals surface area contributed by atoms with Crippen LogP contribution in [0.1, 0.15) is 39.5 Å². The van der Waals surface area contributed by atoms with Gasteiger partial charge in [0, 0.05) is 19.1 Å². The molecule has 3 unspecified atom stereocenters. The summed E-state index contributed by atoms with van der Waals surface area (Å²) < 4.78 is 5.70. The van der Waals surface area contributed by atoms with Crippen LogP contribution in [-0.4, -0.2) is 41.8 Å². The maximum Gasteiger partial charge on any atom is 0.244 e. The number of nitrogens with zero attached hydrogens (tertiary/aromatic N) is 1. The van der Waals surface area contributed by atoms with Crippen LogP contribution < -0.4 is 5.32 Å². The molecule has 3 fully saturated rings. The van der Waals surface area contributed by atoms with Gasteiger partial charge in [-0.05, 0) is 32.6 Å². The van der Waals surface area contributed by atoms with Crippen LogP contribution in [0.5, 0.6) is 0 Å². The summed E-state index contributed by atoms with van der Waals surface area (Å²) in [5.41, 5.74) is -0.166. The molecule has 0 bridgehead atoms. The molecule has 2 heterocycles. The Balaban J connectivity index is 1.66. The number of hydrogen-bond acceptors (Lipinski definition) is 3. The molecule has 1 amide bonds. The summed E-state index contributed by atoms with van der Waals surface area (Å²) in [7, 11) is 0. The first-order chi connectivity index (χ1) is 8.16. The van der Waals surface area contributed by atoms with Gasteiger partial charge in [-0.1, -0.05) is 6.92 Å². The Morgan fingerprint density at radius 3 is 2.88 bits per heavy atom. The summed E-state index contributed by atoms with van der Waals surface area (Å²) in [6, 6.07) is 0. The van der Waals surface area contributed by atoms with E-state index < -0.39 is 0 Å². The van der Waals surface area contributed by atoms with Crippen LogP contribution in [0.25, 0.3) is 0 Å². The fourth-order valence-electron chi connectivity index (χ4n) is 3.32. The minimum absolute atomic E-state index is 0.166. The third-order valence-electron chi connectivity index (χ3n) is 4.55. The zero-order chi connectivity index (χ0) is 12.0. The van der Waals surface area contributed by atoms with Crippen LogP contribution in [-0.2, 0) is 9.53 Å². The van der Waals surface area contributed by atoms with E-state index in [1.165, 1.54) is 0 Å². The number of carbonyl (C=O) groups excluding carboxylic acids is 1. The smallest absolute Gasteiger partial charge is 0.244 e. The summed E-state index contributed by atoms with van der Waals surface area (Å²) in [6.07, 6.45) is 4.74. The van der Waals surface area contributed by atoms with Crippen molar-refractivity contribution in [2.75, 3.05) is 13.2 Å². The van der Waals surface area contributed by atoms with Crippen LogP contribution in [0, 0.1) is 5.92 Å². The molecule has 2 aliphatic heterocycles. The van der Waals surface area contributed by atoms with Gasteiger partial charge in [-0.25, -0.2) is 0 Å². The number of carbonyl (C=O) groups is 1. The molecule has 2 saturated heterocycles. The van der Waals surface area contributed by atoms with Gasteiger partial charge in [-0.15, -0.1) is 0 Å². The van der Waals surface area contributed by atoms with Crippen LogP contribution in [0.15, 0.2) is 0 Å². The van der Waals surface area contributed by atoms with Crippen LogP contribution in [0.3, 0.4) is 0 Å². The molecule has 0 radical (unpaired) electrons. The molecule has 4 heteroatoms. The highest BCUT2D eigenvalue weighted by Gasteiger charge is 2.58. The summed E-state index contributed by atoms with van der Waals surface area (Å²) in [5.74, 6) is 0.855. The van der Waals surface area contributed by atoms with Gasteiger partial charge < -0.3 is 9.64 Å². The van der Waals surface area contributed by atoms with E-state index in [1.54, 1.807) is 0 Å². The lowest BCUT2D eigenvalue weighted by Crippen LogP contribution is -2.40. The molecule has 0 aromatic heterocycles. The summed E-state index contributed by atoms with van der Waals surface area (Å²) in [6.45, 7) is 5.99. The maximum absolute atomic E-state index is 12.3. The van der Waals surface area contributed by atoms with Gasteiger partial charge in [0.1, 0.15) is 0 Å². The van der Waals surface area contributed by atoms with Crippen molar-refractivity contribution >= 4 is 5.91 Å². The van der Waals surface area contributed by atoms with Gasteiger partial charge in [0.05, 0.1) is 17.8 Å². The molecule has 0 aromatic rings. The second-order valence-electron chi connectivity index (χ2n) is 5.73. The average molecular weight is 238 g/mol. The van der Waals surface area contributed by atoms with E-state index in [4.69, 9.17) is 4.74 Å². The molecule has 0 aromatic carbocycles. The van der Waals surface area contributed by atoms with Gasteiger partial charge in [0.2, 0.25) is 5.91 Å². The predicted octanol–water partition coefficient (Wildman–Crippen LogP) is 1.11. The van der Waals surface area contributed by atoms with Crippen molar-refractivity contribution in [3.8, 4) is 0 Å². The Morgan fingerprint density at radius 1 is 1.53 bits per heavy atom. The lowest BCUT2D eigenvalue weighted by molar-refractivity contribution is -0.131. The SMILES string of the molecule is CCC1OCCC1CN1C(=O)C2(CC2)NC1C. The monoisotopic (exact) mass is 238 g/mol. The van der Waals surface area contributed by atoms with Crippen molar-refractivity contribution in [3.05, 3.63) is 0 Å². The van der Waals surface area contributed by atoms with Gasteiger partial charge in [-0.2, -0.15) is 0 Å². The fourth-order valence-corrected chi connectivity index (χ4v) is 3.32. The zero-order valence-electron chi connectivity index (χ0n) is 10.7. The Kier molecular flexibility index (Phi) is 2.67. The molecule has 17 heavy (non-hydrogen) atoms. The minimum Gasteiger partial charge on any atom is -0.378 e. The van der Waals surface area contributed by atoms with Gasteiger partial charge >= 0.3 is 0 Å². The number of hydrogen-bond donors (Lipinski definition) is 1. The van der Waals surface area contributed by atoms with E-state index in [0.717, 1.165) is 38.8 Å². The standard InChI is InChI=1S/C13H22N2O2/c1-3-11-10(4-7-17-11)8-15-9(2)14-13(5-6-13)12(15)16/h9-11,14H,3-8H2,1-2H3. The van der Waals surface area contributed by atoms with Crippen molar-refractivity contribution in [2.24, 2.45) is 5.92 Å². The minimum atomic E-state index is -0.166. The van der Waals surface area contributed by atoms with Gasteiger partial charge in [0.25, 0.3) is 0 Å². The van der Waals surface area contributed by atoms with Gasteiger partial charge in [-0.3, -0.25) is 10.1 Å². The quantitative estimate of drug-likeness (QED) is 0.801. The number of rotatable bonds is 3. The van der Waals surface area contributed by atoms with E-state index in [0.29, 0.717) is 17.9 Å². The van der Waals surface area contributed by atoms with E-state index in [-0.39, 0.29) is 11.7 Å². The average Bonchev–Trinajstić information content (AvgIpc) is 2.88. The third kappa shape index (κ3) is 1.78. The normalized spacial score (nSPS) is 39.3. The van der Waals surface area contributed by atoms with Crippen molar-refractivity contribution in [1.29, 1.82) is 0 Å².